The van der Waals surface area contributed by atoms with Crippen LogP contribution in [0.3, 0.4) is 0 Å². The lowest BCUT2D eigenvalue weighted by molar-refractivity contribution is 0.0491. The van der Waals surface area contributed by atoms with Crippen molar-refractivity contribution in [2.75, 3.05) is 0 Å². The van der Waals surface area contributed by atoms with Crippen molar-refractivity contribution in [1.29, 1.82) is 0 Å². The third kappa shape index (κ3) is 1.29. The molecule has 1 aromatic heterocycles. The molecule has 0 saturated carbocycles. The van der Waals surface area contributed by atoms with Crippen LogP contribution in [0, 0.1) is 0 Å². The number of aromatic nitrogens is 1. The van der Waals surface area contributed by atoms with Crippen LogP contribution in [-0.2, 0) is 17.3 Å². The molecule has 0 radical (unpaired) electrons. The fraction of sp³-hybridized carbons (Fsp3) is 0.0597. The van der Waals surface area contributed by atoms with E-state index < -0.39 is 16.9 Å². The van der Waals surface area contributed by atoms with Crippen LogP contribution < -0.4 is 0 Å². The van der Waals surface area contributed by atoms with Crippen LogP contribution >= 0.6 is 0 Å². The molecule has 0 aliphatic heterocycles. The van der Waals surface area contributed by atoms with Gasteiger partial charge in [0.05, 0.1) is 11.1 Å². The van der Waals surface area contributed by atoms with Gasteiger partial charge in [0.1, 0.15) is 6.10 Å². The van der Waals surface area contributed by atoms with E-state index in [2.05, 4.69) is 12.1 Å². The average Bonchev–Trinajstić information content (AvgIpc) is 4.41. The highest BCUT2D eigenvalue weighted by Crippen LogP contribution is 2.86. The Balaban J connectivity index is 1.21. The smallest absolute Gasteiger partial charge is 0.111 e. The summed E-state index contributed by atoms with van der Waals surface area (Å²) in [6.07, 6.45) is 2.07. The Morgan fingerprint density at radius 2 is 0.493 bits per heavy atom. The second-order valence-corrected chi connectivity index (χ2v) is 25.6. The average molecular weight is 842 g/mol. The molecule has 0 fully saturated rings. The van der Waals surface area contributed by atoms with Crippen LogP contribution in [-0.4, -0.2) is 10.1 Å². The Labute approximate surface area is 374 Å². The summed E-state index contributed by atoms with van der Waals surface area (Å²) in [6, 6.07) is 4.54. The fourth-order valence-electron chi connectivity index (χ4n) is 25.6. The van der Waals surface area contributed by atoms with Gasteiger partial charge in [-0.2, -0.15) is 0 Å². The lowest BCUT2D eigenvalue weighted by Gasteiger charge is -2.58. The minimum atomic E-state index is -0.793. The van der Waals surface area contributed by atoms with Crippen molar-refractivity contribution in [2.45, 2.75) is 23.4 Å². The van der Waals surface area contributed by atoms with Crippen LogP contribution in [0.1, 0.15) is 39.6 Å². The lowest BCUT2D eigenvalue weighted by Crippen LogP contribution is -2.59. The lowest BCUT2D eigenvalue weighted by atomic mass is 9.43. The van der Waals surface area contributed by atoms with Gasteiger partial charge in [0.2, 0.25) is 0 Å². The molecule has 1 heterocycles. The summed E-state index contributed by atoms with van der Waals surface area (Å²) in [5.41, 5.74) is 7.24. The number of hydrogen-bond acceptors (Lipinski definition) is 2. The van der Waals surface area contributed by atoms with E-state index in [1.54, 1.807) is 280 Å². The van der Waals surface area contributed by atoms with Crippen LogP contribution in [0.5, 0.6) is 0 Å². The zero-order valence-electron chi connectivity index (χ0n) is 34.9. The predicted octanol–water partition coefficient (Wildman–Crippen LogP) is 17.0. The molecule has 286 valence electrons. The molecule has 5 aliphatic carbocycles. The minimum Gasteiger partial charge on any atom is -0.385 e. The summed E-state index contributed by atoms with van der Waals surface area (Å²) in [6.45, 7) is 0. The third-order valence-corrected chi connectivity index (χ3v) is 25.6. The van der Waals surface area contributed by atoms with Crippen molar-refractivity contribution < 1.29 is 5.11 Å². The van der Waals surface area contributed by atoms with Crippen LogP contribution in [0.15, 0.2) is 18.3 Å². The van der Waals surface area contributed by atoms with E-state index >= 15 is 0 Å². The first-order valence-electron chi connectivity index (χ1n) is 25.7. The maximum atomic E-state index is 14.7. The highest BCUT2D eigenvalue weighted by molar-refractivity contribution is 6.82. The SMILES string of the molecule is OC1c2ncccc2CC23c4c5c6c7c8c9c(c%10c%11c2c2c4c4c%12c5c5c6c6c8c8c%13c9c9c%10c%10c%11c%11c2c2c4c4c%12c%12c5c5c6c8c6c8c%13c9c9c%10c%10c%11c2c2c4c4c%12c5c6c5c8c9c%10c2c45)C713. The van der Waals surface area contributed by atoms with E-state index in [0.717, 1.165) is 12.1 Å². The molecule has 1 N–H and O–H groups in total. The maximum Gasteiger partial charge on any atom is 0.111 e. The summed E-state index contributed by atoms with van der Waals surface area (Å²) >= 11 is 0. The first-order chi connectivity index (χ1) is 34.3. The van der Waals surface area contributed by atoms with Crippen LogP contribution in [0.25, 0.3) is 291 Å². The van der Waals surface area contributed by atoms with E-state index in [1.807, 2.05) is 6.20 Å². The molecular weight excluding hydrogens is 835 g/mol. The number of pyridine rings is 1. The molecule has 1 unspecified atom stereocenters. The summed E-state index contributed by atoms with van der Waals surface area (Å²) in [5.74, 6) is 0. The zero-order chi connectivity index (χ0) is 40.8. The molecule has 2 heteroatoms. The van der Waals surface area contributed by atoms with Gasteiger partial charge in [-0.3, -0.25) is 4.98 Å². The van der Waals surface area contributed by atoms with Crippen molar-refractivity contribution >= 4 is 291 Å². The van der Waals surface area contributed by atoms with Crippen molar-refractivity contribution in [1.82, 2.24) is 4.98 Å². The van der Waals surface area contributed by atoms with E-state index in [-0.39, 0.29) is 0 Å². The van der Waals surface area contributed by atoms with Gasteiger partial charge in [0.25, 0.3) is 0 Å². The molecule has 0 amide bonds. The minimum absolute atomic E-state index is 0.492. The Hall–Kier alpha value is -8.43. The van der Waals surface area contributed by atoms with Crippen molar-refractivity contribution in [2.24, 2.45) is 0 Å². The van der Waals surface area contributed by atoms with Gasteiger partial charge in [-0.1, -0.05) is 6.07 Å². The highest BCUT2D eigenvalue weighted by atomic mass is 16.3. The van der Waals surface area contributed by atoms with Gasteiger partial charge >= 0.3 is 0 Å². The topological polar surface area (TPSA) is 33.1 Å². The number of rotatable bonds is 0. The number of hydrogen-bond donors (Lipinski definition) is 1. The van der Waals surface area contributed by atoms with Crippen LogP contribution in [0.2, 0.25) is 0 Å². The number of benzene rings is 18. The molecule has 0 saturated heterocycles. The van der Waals surface area contributed by atoms with Gasteiger partial charge in [0, 0.05) is 11.6 Å². The molecule has 1 atom stereocenters. The van der Waals surface area contributed by atoms with E-state index in [4.69, 9.17) is 4.98 Å². The highest BCUT2D eigenvalue weighted by Gasteiger charge is 2.73. The molecule has 2 nitrogen and oxygen atoms in total. The maximum absolute atomic E-state index is 14.7. The Bertz CT molecular complexity index is 7190. The van der Waals surface area contributed by atoms with Crippen molar-refractivity contribution in [3.63, 3.8) is 0 Å². The molecule has 28 aromatic carbocycles. The molecule has 69 heavy (non-hydrogen) atoms. The fourth-order valence-corrected chi connectivity index (χ4v) is 25.6. The van der Waals surface area contributed by atoms with Gasteiger partial charge in [-0.15, -0.1) is 0 Å². The summed E-state index contributed by atoms with van der Waals surface area (Å²) in [5, 5.41) is 101. The monoisotopic (exact) mass is 841 g/mol. The predicted molar refractivity (Wildman–Crippen MR) is 287 cm³/mol. The third-order valence-electron chi connectivity index (χ3n) is 25.6. The number of aliphatic hydroxyl groups excluding tert-OH is 1. The van der Waals surface area contributed by atoms with Gasteiger partial charge in [0.15, 0.2) is 0 Å². The standard InChI is InChI=1S/C67H7NO/c69-65-64-5(2-1-3-68-64)4-66-60-52-44-34-24-16-8-6-7-10-14-12(8)20-28-22(14)32-26-18(10)19-11(7)15-13-9(6)17(16)25-31-21(13)29-23(15)33-27(19)37-36(26)48-42(32)50-40(28)46(38(44)30(20)24)54(60)56(50)62-58(48)59-49(37)43(33)51-41(29)47-39(31)45(35(25)34)53(52)61(66)55(47)57(51)63(59)67(62,65)66/h1-3,65,69H,4H2. The second-order valence-electron chi connectivity index (χ2n) is 25.6. The van der Waals surface area contributed by atoms with Crippen molar-refractivity contribution in [3.8, 4) is 0 Å². The summed E-state index contributed by atoms with van der Waals surface area (Å²) < 4.78 is 0. The number of nitrogens with zero attached hydrogens (tertiary/aromatic N) is 1. The molecule has 0 bridgehead atoms. The van der Waals surface area contributed by atoms with Gasteiger partial charge in [-0.25, -0.2) is 0 Å². The Morgan fingerprint density at radius 3 is 0.725 bits per heavy atom. The first kappa shape index (κ1) is 25.1. The quantitative estimate of drug-likeness (QED) is 0.154. The first-order valence-corrected chi connectivity index (χ1v) is 25.7. The van der Waals surface area contributed by atoms with Crippen LogP contribution in [0.4, 0.5) is 0 Å². The molecule has 34 rings (SSSR count). The zero-order valence-corrected chi connectivity index (χ0v) is 34.9. The van der Waals surface area contributed by atoms with E-state index in [9.17, 15) is 5.11 Å². The number of fused-ring (bicyclic) bond motifs is 1. The largest absolute Gasteiger partial charge is 0.385 e. The van der Waals surface area contributed by atoms with Crippen molar-refractivity contribution in [3.05, 3.63) is 51.8 Å². The van der Waals surface area contributed by atoms with Gasteiger partial charge < -0.3 is 5.11 Å². The second kappa shape index (κ2) is 5.57. The Morgan fingerprint density at radius 1 is 0.290 bits per heavy atom. The normalized spacial score (nSPS) is 23.6. The number of aliphatic hydroxyl groups is 1. The summed E-state index contributed by atoms with van der Waals surface area (Å²) in [7, 11) is 0. The molecule has 2 spiro atoms. The van der Waals surface area contributed by atoms with Gasteiger partial charge in [-0.05, 0) is 331 Å². The summed E-state index contributed by atoms with van der Waals surface area (Å²) in [4.78, 5) is 5.35. The molecule has 5 aliphatic rings. The van der Waals surface area contributed by atoms with E-state index in [1.165, 1.54) is 38.2 Å². The molecular formula is C67H7NO. The molecule has 29 aromatic rings. The van der Waals surface area contributed by atoms with E-state index in [0.29, 0.717) is 0 Å². The Kier molecular flexibility index (Phi) is 2.02.